The topological polar surface area (TPSA) is 213 Å². The average Bonchev–Trinajstić information content (AvgIpc) is 2.94. The molecule has 0 aliphatic carbocycles. The van der Waals surface area contributed by atoms with Gasteiger partial charge in [-0.05, 0) is 7.05 Å². The summed E-state index contributed by atoms with van der Waals surface area (Å²) in [5.41, 5.74) is 4.38. The standard InChI is InChI=1S/C16H16N6O2Se.C7H17NO5/c1-11(13-7-3-5-9-17-13)19-20-15(23)22(16(24)25)21-12(2)14-8-4-6-10-18-14;1-8-2-4(10)6(12)7(13)5(11)3-9/h3-10H,1-2H3,(H,20,23)(H,24,25);4-13H,2-3H2,1H3/t;4-,5+,6+,7+/m.0/s1. The predicted molar refractivity (Wildman–Crippen MR) is 141 cm³/mol. The Kier molecular flexibility index (Phi) is 15.0. The number of imide groups is 1. The van der Waals surface area contributed by atoms with Crippen LogP contribution in [0.5, 0.6) is 0 Å². The molecule has 0 aliphatic rings. The Bertz CT molecular complexity index is 1060. The van der Waals surface area contributed by atoms with Gasteiger partial charge in [0.15, 0.2) is 0 Å². The van der Waals surface area contributed by atoms with E-state index >= 15 is 0 Å². The van der Waals surface area contributed by atoms with Gasteiger partial charge in [0, 0.05) is 6.54 Å². The summed E-state index contributed by atoms with van der Waals surface area (Å²) < 4.78 is 0. The minimum atomic E-state index is -1.55. The second-order valence-corrected chi connectivity index (χ2v) is 8.48. The predicted octanol–water partition coefficient (Wildman–Crippen LogP) is -1.70. The van der Waals surface area contributed by atoms with E-state index in [1.807, 2.05) is 6.07 Å². The van der Waals surface area contributed by atoms with E-state index in [0.29, 0.717) is 27.8 Å². The van der Waals surface area contributed by atoms with Gasteiger partial charge in [-0.25, -0.2) is 0 Å². The van der Waals surface area contributed by atoms with Crippen molar-refractivity contribution in [3.63, 3.8) is 0 Å². The molecule has 2 aromatic rings. The number of pyridine rings is 2. The van der Waals surface area contributed by atoms with Gasteiger partial charge >= 0.3 is 152 Å². The van der Waals surface area contributed by atoms with Crippen LogP contribution in [0.2, 0.25) is 0 Å². The van der Waals surface area contributed by atoms with Gasteiger partial charge in [-0.2, -0.15) is 0 Å². The van der Waals surface area contributed by atoms with Crippen LogP contribution < -0.4 is 10.7 Å². The molecule has 7 N–H and O–H groups in total. The van der Waals surface area contributed by atoms with Crippen LogP contribution in [0.1, 0.15) is 25.2 Å². The van der Waals surface area contributed by atoms with Crippen molar-refractivity contribution in [3.05, 3.63) is 60.2 Å². The van der Waals surface area contributed by atoms with Crippen molar-refractivity contribution in [2.75, 3.05) is 20.2 Å². The Hall–Kier alpha value is -3.14. The Balaban J connectivity index is 0.000000471. The fourth-order valence-corrected chi connectivity index (χ4v) is 2.94. The number of hydrogen-bond donors (Lipinski definition) is 7. The first-order valence-corrected chi connectivity index (χ1v) is 12.2. The number of carbonyl (C=O) groups is 2. The first-order valence-electron chi connectivity index (χ1n) is 11.3. The number of carbonyl (C=O) groups excluding carboxylic acids is 2. The number of rotatable bonds is 10. The van der Waals surface area contributed by atoms with E-state index in [9.17, 15) is 14.7 Å². The zero-order chi connectivity index (χ0) is 28.7. The summed E-state index contributed by atoms with van der Waals surface area (Å²) in [6.07, 6.45) is -2.43. The molecule has 2 aromatic heterocycles. The van der Waals surface area contributed by atoms with Crippen LogP contribution in [0.4, 0.5) is 9.59 Å². The number of likely N-dealkylation sites (N-methyl/N-ethyl adjacent to an activating group) is 1. The van der Waals surface area contributed by atoms with E-state index in [-0.39, 0.29) is 6.54 Å². The Labute approximate surface area is 227 Å². The molecule has 0 saturated heterocycles. The molecule has 0 aromatic carbocycles. The van der Waals surface area contributed by atoms with Gasteiger partial charge in [0.25, 0.3) is 0 Å². The molecule has 0 saturated carbocycles. The van der Waals surface area contributed by atoms with Gasteiger partial charge in [0.2, 0.25) is 0 Å². The molecule has 2 rings (SSSR count). The molecule has 0 radical (unpaired) electrons. The largest absolute Gasteiger partial charge is 0.394 e. The number of urea groups is 1. The molecule has 2 heterocycles. The molecule has 0 unspecified atom stereocenters. The monoisotopic (exact) mass is 599 g/mol. The van der Waals surface area contributed by atoms with Crippen molar-refractivity contribution in [1.29, 1.82) is 0 Å². The summed E-state index contributed by atoms with van der Waals surface area (Å²) in [5.74, 6) is 0. The summed E-state index contributed by atoms with van der Waals surface area (Å²) in [6.45, 7) is 2.78. The molecule has 38 heavy (non-hydrogen) atoms. The van der Waals surface area contributed by atoms with Crippen LogP contribution in [0.3, 0.4) is 0 Å². The van der Waals surface area contributed by atoms with Gasteiger partial charge in [-0.1, -0.05) is 0 Å². The van der Waals surface area contributed by atoms with Crippen molar-refractivity contribution in [3.8, 4) is 0 Å². The number of aliphatic hydroxyl groups excluding tert-OH is 5. The molecule has 3 amide bonds. The first kappa shape index (κ1) is 32.9. The number of hydrogen-bond acceptors (Lipinski definition) is 12. The fraction of sp³-hybridized carbons (Fsp3) is 0.391. The molecular weight excluding hydrogens is 565 g/mol. The summed E-state index contributed by atoms with van der Waals surface area (Å²) in [6, 6.07) is 9.84. The van der Waals surface area contributed by atoms with Crippen LogP contribution in [-0.4, -0.2) is 123 Å². The molecule has 0 aliphatic heterocycles. The number of nitrogens with zero attached hydrogens (tertiary/aromatic N) is 5. The van der Waals surface area contributed by atoms with Crippen molar-refractivity contribution in [2.24, 2.45) is 10.2 Å². The quantitative estimate of drug-likeness (QED) is 0.0935. The molecular formula is C23H33N7O7Se. The van der Waals surface area contributed by atoms with Crippen LogP contribution in [0, 0.1) is 0 Å². The fourth-order valence-electron chi connectivity index (χ4n) is 2.66. The Morgan fingerprint density at radius 2 is 1.47 bits per heavy atom. The molecule has 15 heteroatoms. The third-order valence-electron chi connectivity index (χ3n) is 4.75. The average molecular weight is 599 g/mol. The first-order chi connectivity index (χ1) is 18.0. The number of hydrazone groups is 2. The number of nitrogens with one attached hydrogen (secondary N) is 2. The zero-order valence-corrected chi connectivity index (χ0v) is 23.0. The summed E-state index contributed by atoms with van der Waals surface area (Å²) in [7, 11) is 1.57. The zero-order valence-electron chi connectivity index (χ0n) is 21.1. The molecule has 208 valence electrons. The molecule has 4 atom stereocenters. The molecule has 14 nitrogen and oxygen atoms in total. The van der Waals surface area contributed by atoms with Crippen LogP contribution >= 0.6 is 0 Å². The van der Waals surface area contributed by atoms with Crippen LogP contribution in [0.25, 0.3) is 0 Å². The molecule has 0 spiro atoms. The van der Waals surface area contributed by atoms with Crippen molar-refractivity contribution >= 4 is 38.3 Å². The van der Waals surface area contributed by atoms with Crippen molar-refractivity contribution in [2.45, 2.75) is 38.3 Å². The SMILES string of the molecule is CC(=NNC(=O)N(N=C(C)c1ccccn1)C(=O)[SeH])c1ccccn1.CNC[C@H](O)[C@@H](O)[C@H](O)[C@H](O)CO. The summed E-state index contributed by atoms with van der Waals surface area (Å²) >= 11 is 1.74. The van der Waals surface area contributed by atoms with Crippen LogP contribution in [0.15, 0.2) is 59.0 Å². The maximum Gasteiger partial charge on any atom is 0.111 e. The second-order valence-electron chi connectivity index (χ2n) is 7.68. The smallest absolute Gasteiger partial charge is 0.111 e. The van der Waals surface area contributed by atoms with Crippen molar-refractivity contribution in [1.82, 2.24) is 25.7 Å². The summed E-state index contributed by atoms with van der Waals surface area (Å²) in [5, 5.41) is 56.1. The van der Waals surface area contributed by atoms with E-state index in [2.05, 4.69) is 30.9 Å². The van der Waals surface area contributed by atoms with Gasteiger partial charge in [0.05, 0.1) is 12.7 Å². The maximum absolute atomic E-state index is 12.2. The Morgan fingerprint density at radius 3 is 1.92 bits per heavy atom. The Morgan fingerprint density at radius 1 is 0.947 bits per heavy atom. The van der Waals surface area contributed by atoms with Gasteiger partial charge in [-0.15, -0.1) is 0 Å². The third kappa shape index (κ3) is 11.1. The molecule has 0 fully saturated rings. The minimum Gasteiger partial charge on any atom is -0.394 e. The minimum absolute atomic E-state index is 0.0936. The normalized spacial score (nSPS) is 14.9. The van der Waals surface area contributed by atoms with Gasteiger partial charge in [0.1, 0.15) is 18.3 Å². The van der Waals surface area contributed by atoms with E-state index in [0.717, 1.165) is 0 Å². The summed E-state index contributed by atoms with van der Waals surface area (Å²) in [4.78, 5) is 31.6. The van der Waals surface area contributed by atoms with Crippen LogP contribution in [-0.2, 0) is 0 Å². The number of amides is 3. The number of aromatic nitrogens is 2. The van der Waals surface area contributed by atoms with Crippen molar-refractivity contribution < 1.29 is 35.1 Å². The second kappa shape index (κ2) is 17.4. The maximum atomic E-state index is 12.2. The van der Waals surface area contributed by atoms with E-state index in [1.165, 1.54) is 0 Å². The van der Waals surface area contributed by atoms with E-state index < -0.39 is 41.9 Å². The van der Waals surface area contributed by atoms with E-state index in [1.54, 1.807) is 79.6 Å². The third-order valence-corrected chi connectivity index (χ3v) is 5.15. The number of aliphatic hydroxyl groups is 5. The molecule has 0 bridgehead atoms. The van der Waals surface area contributed by atoms with Gasteiger partial charge < -0.3 is 30.8 Å². The van der Waals surface area contributed by atoms with E-state index in [4.69, 9.17) is 20.4 Å². The van der Waals surface area contributed by atoms with Gasteiger partial charge in [-0.3, -0.25) is 0 Å².